The van der Waals surface area contributed by atoms with Crippen LogP contribution in [0.4, 0.5) is 14.5 Å². The van der Waals surface area contributed by atoms with Crippen LogP contribution in [0, 0.1) is 11.6 Å². The number of halogens is 2. The number of ether oxygens (including phenoxy) is 1. The summed E-state index contributed by atoms with van der Waals surface area (Å²) in [6, 6.07) is 11.8. The molecule has 0 saturated carbocycles. The molecule has 4 aromatic rings. The lowest BCUT2D eigenvalue weighted by Crippen LogP contribution is -2.54. The number of aromatic nitrogens is 2. The highest BCUT2D eigenvalue weighted by Crippen LogP contribution is 2.32. The molecule has 62 heavy (non-hydrogen) atoms. The second-order valence-corrected chi connectivity index (χ2v) is 15.8. The first kappa shape index (κ1) is 42.2. The lowest BCUT2D eigenvalue weighted by molar-refractivity contribution is -0.136. The van der Waals surface area contributed by atoms with Crippen molar-refractivity contribution in [3.63, 3.8) is 0 Å². The van der Waals surface area contributed by atoms with Crippen molar-refractivity contribution in [1.29, 1.82) is 0 Å². The molecule has 3 saturated heterocycles. The molecule has 17 heteroatoms. The molecule has 5 heterocycles. The number of likely N-dealkylation sites (tertiary alicyclic amines) is 1. The number of nitrogens with zero attached hydrogens (tertiary/aromatic N) is 6. The number of para-hydroxylation sites is 1. The van der Waals surface area contributed by atoms with Crippen molar-refractivity contribution in [3.05, 3.63) is 94.9 Å². The van der Waals surface area contributed by atoms with Crippen molar-refractivity contribution in [3.8, 4) is 11.1 Å². The Balaban J connectivity index is 0.805. The maximum Gasteiger partial charge on any atom is 0.262 e. The molecular formula is C45H47F2N9O6. The average molecular weight is 848 g/mol. The highest BCUT2D eigenvalue weighted by molar-refractivity contribution is 6.23. The minimum atomic E-state index is -1.02. The molecule has 4 aliphatic rings. The van der Waals surface area contributed by atoms with Gasteiger partial charge >= 0.3 is 0 Å². The first-order valence-electron chi connectivity index (χ1n) is 20.9. The van der Waals surface area contributed by atoms with Gasteiger partial charge in [0.25, 0.3) is 11.8 Å². The first-order chi connectivity index (χ1) is 30.1. The van der Waals surface area contributed by atoms with Gasteiger partial charge in [-0.1, -0.05) is 12.1 Å². The van der Waals surface area contributed by atoms with E-state index in [1.165, 1.54) is 18.3 Å². The van der Waals surface area contributed by atoms with Gasteiger partial charge in [0.1, 0.15) is 17.7 Å². The number of nitrogens with two attached hydrogens (primary N) is 1. The molecule has 3 fully saturated rings. The number of piperidine rings is 2. The van der Waals surface area contributed by atoms with Crippen molar-refractivity contribution in [1.82, 2.24) is 30.0 Å². The molecule has 0 spiro atoms. The van der Waals surface area contributed by atoms with E-state index < -0.39 is 41.3 Å². The van der Waals surface area contributed by atoms with E-state index in [2.05, 4.69) is 15.6 Å². The van der Waals surface area contributed by atoms with E-state index in [0.717, 1.165) is 4.90 Å². The molecule has 1 aromatic heterocycles. The van der Waals surface area contributed by atoms with Crippen molar-refractivity contribution in [2.45, 2.75) is 63.6 Å². The molecule has 8 rings (SSSR count). The van der Waals surface area contributed by atoms with Crippen LogP contribution in [0.25, 0.3) is 27.7 Å². The number of benzene rings is 3. The number of carbonyl (C=O) groups is 5. The number of carbonyl (C=O) groups excluding carboxylic acids is 5. The van der Waals surface area contributed by atoms with Gasteiger partial charge in [-0.05, 0) is 74.1 Å². The molecule has 3 aromatic carbocycles. The predicted molar refractivity (Wildman–Crippen MR) is 227 cm³/mol. The van der Waals surface area contributed by atoms with Gasteiger partial charge in [-0.2, -0.15) is 0 Å². The van der Waals surface area contributed by atoms with Crippen LogP contribution in [0.2, 0.25) is 0 Å². The third-order valence-corrected chi connectivity index (χ3v) is 11.8. The summed E-state index contributed by atoms with van der Waals surface area (Å²) >= 11 is 0. The molecule has 15 nitrogen and oxygen atoms in total. The van der Waals surface area contributed by atoms with Crippen LogP contribution in [-0.2, 0) is 25.7 Å². The zero-order chi connectivity index (χ0) is 43.3. The van der Waals surface area contributed by atoms with Gasteiger partial charge in [0.15, 0.2) is 0 Å². The summed E-state index contributed by atoms with van der Waals surface area (Å²) in [7, 11) is 0. The van der Waals surface area contributed by atoms with E-state index in [0.29, 0.717) is 117 Å². The monoisotopic (exact) mass is 847 g/mol. The van der Waals surface area contributed by atoms with Crippen LogP contribution in [0.3, 0.4) is 0 Å². The van der Waals surface area contributed by atoms with Gasteiger partial charge in [-0.15, -0.1) is 0 Å². The van der Waals surface area contributed by atoms with Crippen LogP contribution in [0.5, 0.6) is 0 Å². The van der Waals surface area contributed by atoms with Crippen LogP contribution in [0.1, 0.15) is 76.9 Å². The minimum absolute atomic E-state index is 0.0192. The number of anilines is 1. The fourth-order valence-electron chi connectivity index (χ4n) is 8.32. The van der Waals surface area contributed by atoms with Crippen LogP contribution < -0.4 is 16.4 Å². The van der Waals surface area contributed by atoms with Gasteiger partial charge in [-0.3, -0.25) is 49.1 Å². The molecule has 1 atom stereocenters. The normalized spacial score (nSPS) is 19.1. The number of amides is 5. The lowest BCUT2D eigenvalue weighted by Gasteiger charge is -2.30. The Bertz CT molecular complexity index is 2460. The molecule has 4 aliphatic heterocycles. The number of morpholine rings is 1. The molecule has 4 N–H and O–H groups in total. The Hall–Kier alpha value is -6.46. The van der Waals surface area contributed by atoms with Crippen molar-refractivity contribution in [2.24, 2.45) is 10.7 Å². The van der Waals surface area contributed by atoms with E-state index in [1.54, 1.807) is 48.8 Å². The Morgan fingerprint density at radius 2 is 1.69 bits per heavy atom. The highest BCUT2D eigenvalue weighted by Gasteiger charge is 2.44. The summed E-state index contributed by atoms with van der Waals surface area (Å²) in [6.07, 6.45) is 7.88. The number of fused-ring (bicyclic) bond motifs is 2. The number of allylic oxidation sites excluding steroid dienone is 1. The molecule has 0 radical (unpaired) electrons. The number of hydrogen-bond donors (Lipinski definition) is 3. The second-order valence-electron chi connectivity index (χ2n) is 15.8. The Labute approximate surface area is 356 Å². The van der Waals surface area contributed by atoms with E-state index in [9.17, 15) is 24.0 Å². The number of aliphatic imine (C=N–C) groups is 1. The van der Waals surface area contributed by atoms with Gasteiger partial charge in [-0.25, -0.2) is 13.8 Å². The fourth-order valence-corrected chi connectivity index (χ4v) is 8.32. The second kappa shape index (κ2) is 18.7. The molecule has 5 amide bonds. The fraction of sp³-hybridized carbons (Fsp3) is 0.378. The predicted octanol–water partition coefficient (Wildman–Crippen LogP) is 4.45. The summed E-state index contributed by atoms with van der Waals surface area (Å²) in [5, 5.41) is 5.45. The van der Waals surface area contributed by atoms with Crippen LogP contribution in [0.15, 0.2) is 65.9 Å². The quantitative estimate of drug-likeness (QED) is 0.0979. The maximum absolute atomic E-state index is 15.4. The van der Waals surface area contributed by atoms with E-state index in [4.69, 9.17) is 20.4 Å². The Kier molecular flexibility index (Phi) is 12.7. The molecule has 0 bridgehead atoms. The SMILES string of the molecule is NC=C(C=NC1CCN(C(=O)CCCCNc2ccc3c(c2)C(=O)N(C2CCC(=O)NC2=O)C3=O)CC1)c1cnc2cccc(-c3cc(F)c(CN4CCOCC4)c(F)c3)c2n1. The Morgan fingerprint density at radius 1 is 0.935 bits per heavy atom. The number of imide groups is 2. The average Bonchev–Trinajstić information content (AvgIpc) is 3.52. The number of nitrogens with one attached hydrogen (secondary N) is 2. The number of hydrogen-bond acceptors (Lipinski definition) is 12. The van der Waals surface area contributed by atoms with Crippen molar-refractivity contribution < 1.29 is 37.5 Å². The summed E-state index contributed by atoms with van der Waals surface area (Å²) in [5.41, 5.74) is 10.0. The lowest BCUT2D eigenvalue weighted by atomic mass is 10.0. The summed E-state index contributed by atoms with van der Waals surface area (Å²) < 4.78 is 36.1. The molecule has 1 unspecified atom stereocenters. The minimum Gasteiger partial charge on any atom is -0.404 e. The molecular weight excluding hydrogens is 801 g/mol. The van der Waals surface area contributed by atoms with E-state index in [-0.39, 0.29) is 48.0 Å². The third-order valence-electron chi connectivity index (χ3n) is 11.8. The zero-order valence-electron chi connectivity index (χ0n) is 34.1. The number of rotatable bonds is 13. The van der Waals surface area contributed by atoms with Gasteiger partial charge in [0.2, 0.25) is 17.7 Å². The van der Waals surface area contributed by atoms with Gasteiger partial charge < -0.3 is 20.7 Å². The molecule has 0 aliphatic carbocycles. The van der Waals surface area contributed by atoms with E-state index >= 15 is 8.78 Å². The number of unbranched alkanes of at least 4 members (excludes halogenated alkanes) is 1. The van der Waals surface area contributed by atoms with Crippen LogP contribution >= 0.6 is 0 Å². The van der Waals surface area contributed by atoms with Gasteiger partial charge in [0.05, 0.1) is 53.3 Å². The Morgan fingerprint density at radius 3 is 2.44 bits per heavy atom. The van der Waals surface area contributed by atoms with E-state index in [1.807, 2.05) is 9.80 Å². The summed E-state index contributed by atoms with van der Waals surface area (Å²) in [5.74, 6) is -3.38. The maximum atomic E-state index is 15.4. The van der Waals surface area contributed by atoms with Gasteiger partial charge in [0, 0.05) is 86.9 Å². The standard InChI is InChI=1S/C45H47F2N9O6/c46-35-20-27(21-36(47)34(35)26-54-16-18-62-19-17-54)31-4-3-5-37-42(31)52-38(25-51-37)28(23-48)24-50-29-11-14-55(15-12-29)41(58)6-1-2-13-49-30-7-8-32-33(22-30)45(61)56(44(32)60)39-9-10-40(57)53-43(39)59/h3-5,7-8,20-25,29,39,49H,1-2,6,9-19,26,48H2,(H,53,57,59). The van der Waals surface area contributed by atoms with Crippen molar-refractivity contribution >= 4 is 58.0 Å². The van der Waals surface area contributed by atoms with Crippen LogP contribution in [-0.4, -0.2) is 118 Å². The van der Waals surface area contributed by atoms with Crippen molar-refractivity contribution in [2.75, 3.05) is 51.3 Å². The summed E-state index contributed by atoms with van der Waals surface area (Å²) in [6.45, 7) is 4.12. The smallest absolute Gasteiger partial charge is 0.262 e. The zero-order valence-corrected chi connectivity index (χ0v) is 34.1. The first-order valence-corrected chi connectivity index (χ1v) is 20.9. The largest absolute Gasteiger partial charge is 0.404 e. The summed E-state index contributed by atoms with van der Waals surface area (Å²) in [4.78, 5) is 82.0. The molecule has 322 valence electrons. The third kappa shape index (κ3) is 9.09. The highest BCUT2D eigenvalue weighted by atomic mass is 19.1. The topological polar surface area (TPSA) is 193 Å².